The highest BCUT2D eigenvalue weighted by Gasteiger charge is 2.39. The van der Waals surface area contributed by atoms with Gasteiger partial charge >= 0.3 is 17.9 Å². The van der Waals surface area contributed by atoms with Crippen molar-refractivity contribution in [3.8, 4) is 0 Å². The van der Waals surface area contributed by atoms with E-state index in [0.29, 0.717) is 5.56 Å². The Morgan fingerprint density at radius 1 is 1.20 bits per heavy atom. The summed E-state index contributed by atoms with van der Waals surface area (Å²) in [6.07, 6.45) is -4.91. The van der Waals surface area contributed by atoms with E-state index in [0.717, 1.165) is 0 Å². The van der Waals surface area contributed by atoms with E-state index in [4.69, 9.17) is 30.4 Å². The number of nitrogens with zero attached hydrogens (tertiary/aromatic N) is 3. The Labute approximate surface area is 233 Å². The van der Waals surface area contributed by atoms with E-state index < -0.39 is 67.1 Å². The van der Waals surface area contributed by atoms with Gasteiger partial charge in [-0.1, -0.05) is 44.2 Å². The lowest BCUT2D eigenvalue weighted by Crippen LogP contribution is -2.42. The molecule has 1 saturated heterocycles. The van der Waals surface area contributed by atoms with Crippen LogP contribution in [0.5, 0.6) is 0 Å². The number of fused-ring (bicyclic) bond motifs is 1. The van der Waals surface area contributed by atoms with Crippen molar-refractivity contribution < 1.29 is 37.7 Å². The topological polar surface area (TPSA) is 204 Å². The molecule has 5 atom stereocenters. The Bertz CT molecular complexity index is 1440. The summed E-state index contributed by atoms with van der Waals surface area (Å²) in [4.78, 5) is 60.2. The summed E-state index contributed by atoms with van der Waals surface area (Å²) in [5.41, 5.74) is 11.7. The summed E-state index contributed by atoms with van der Waals surface area (Å²) < 4.78 is 37.6. The zero-order chi connectivity index (χ0) is 29.7. The zero-order valence-electron chi connectivity index (χ0n) is 22.4. The highest BCUT2D eigenvalue weighted by Crippen LogP contribution is 2.32. The number of anilines is 1. The number of nitrogens with one attached hydrogen (secondary N) is 1. The fourth-order valence-electron chi connectivity index (χ4n) is 4.03. The molecule has 4 rings (SSSR count). The lowest BCUT2D eigenvalue weighted by atomic mass is 10.1. The Balaban J connectivity index is 1.39. The third-order valence-corrected chi connectivity index (χ3v) is 6.42. The summed E-state index contributed by atoms with van der Waals surface area (Å²) in [6.45, 7) is 2.76. The quantitative estimate of drug-likeness (QED) is 0.216. The number of hydrogen-bond donors (Lipinski definition) is 3. The molecule has 15 heteroatoms. The molecule has 0 aliphatic carbocycles. The monoisotopic (exact) mass is 574 g/mol. The lowest BCUT2D eigenvalue weighted by Gasteiger charge is -2.21. The largest absolute Gasteiger partial charge is 0.461 e. The molecule has 14 nitrogen and oxygen atoms in total. The third-order valence-electron chi connectivity index (χ3n) is 6.42. The summed E-state index contributed by atoms with van der Waals surface area (Å²) >= 11 is 0. The summed E-state index contributed by atoms with van der Waals surface area (Å²) in [5.74, 6) is -3.29. The average Bonchev–Trinajstić information content (AvgIpc) is 3.53. The minimum Gasteiger partial charge on any atom is -0.461 e. The van der Waals surface area contributed by atoms with E-state index in [1.54, 1.807) is 44.2 Å². The predicted octanol–water partition coefficient (Wildman–Crippen LogP) is 0.899. The number of ether oxygens (including phenoxy) is 4. The van der Waals surface area contributed by atoms with E-state index in [2.05, 4.69) is 15.0 Å². The summed E-state index contributed by atoms with van der Waals surface area (Å²) in [7, 11) is 0. The number of carbonyl (C=O) groups excluding carboxylic acids is 3. The first kappa shape index (κ1) is 29.6. The van der Waals surface area contributed by atoms with Gasteiger partial charge in [0, 0.05) is 6.42 Å². The van der Waals surface area contributed by atoms with Gasteiger partial charge in [0.1, 0.15) is 37.8 Å². The van der Waals surface area contributed by atoms with E-state index in [-0.39, 0.29) is 36.1 Å². The number of H-pyrrole nitrogens is 1. The predicted molar refractivity (Wildman–Crippen MR) is 140 cm³/mol. The zero-order valence-corrected chi connectivity index (χ0v) is 22.4. The molecular weight excluding hydrogens is 543 g/mol. The van der Waals surface area contributed by atoms with Gasteiger partial charge in [0.05, 0.1) is 12.7 Å². The maximum absolute atomic E-state index is 14.9. The highest BCUT2D eigenvalue weighted by atomic mass is 19.1. The van der Waals surface area contributed by atoms with Crippen molar-refractivity contribution in [2.45, 2.75) is 63.9 Å². The molecule has 1 fully saturated rings. The molecule has 2 aromatic heterocycles. The van der Waals surface area contributed by atoms with Gasteiger partial charge < -0.3 is 30.4 Å². The van der Waals surface area contributed by atoms with Crippen molar-refractivity contribution in [3.05, 3.63) is 52.6 Å². The van der Waals surface area contributed by atoms with Crippen molar-refractivity contribution in [2.75, 3.05) is 12.3 Å². The molecule has 0 bridgehead atoms. The number of hydrogen-bond acceptors (Lipinski definition) is 12. The molecule has 1 aliphatic heterocycles. The number of aromatic amines is 1. The van der Waals surface area contributed by atoms with Crippen LogP contribution in [-0.2, 0) is 39.9 Å². The van der Waals surface area contributed by atoms with Crippen LogP contribution in [-0.4, -0.2) is 68.5 Å². The second-order valence-electron chi connectivity index (χ2n) is 9.83. The van der Waals surface area contributed by atoms with Crippen LogP contribution >= 0.6 is 0 Å². The van der Waals surface area contributed by atoms with Gasteiger partial charge in [-0.05, 0) is 11.5 Å². The number of aromatic nitrogens is 4. The Morgan fingerprint density at radius 3 is 2.63 bits per heavy atom. The normalized spacial score (nSPS) is 20.1. The van der Waals surface area contributed by atoms with Crippen LogP contribution in [0, 0.1) is 5.92 Å². The first-order valence-electron chi connectivity index (χ1n) is 12.9. The van der Waals surface area contributed by atoms with Crippen molar-refractivity contribution in [1.29, 1.82) is 0 Å². The van der Waals surface area contributed by atoms with Gasteiger partial charge in [-0.2, -0.15) is 4.98 Å². The molecule has 0 spiro atoms. The molecule has 5 N–H and O–H groups in total. The first-order valence-corrected chi connectivity index (χ1v) is 12.9. The molecule has 1 aliphatic rings. The molecular formula is C26H31FN6O8. The van der Waals surface area contributed by atoms with Crippen LogP contribution in [0.15, 0.2) is 41.5 Å². The number of carbonyl (C=O) groups is 3. The molecule has 0 amide bonds. The van der Waals surface area contributed by atoms with Crippen molar-refractivity contribution >= 4 is 35.0 Å². The van der Waals surface area contributed by atoms with Crippen molar-refractivity contribution in [1.82, 2.24) is 19.5 Å². The maximum atomic E-state index is 14.9. The second-order valence-corrected chi connectivity index (χ2v) is 9.83. The number of alkyl halides is 1. The lowest BCUT2D eigenvalue weighted by molar-refractivity contribution is -0.176. The highest BCUT2D eigenvalue weighted by molar-refractivity contribution is 5.85. The number of imidazole rings is 1. The second kappa shape index (κ2) is 12.9. The minimum absolute atomic E-state index is 0.00324. The van der Waals surface area contributed by atoms with Gasteiger partial charge in [0.15, 0.2) is 11.2 Å². The van der Waals surface area contributed by atoms with Gasteiger partial charge in [-0.15, -0.1) is 0 Å². The van der Waals surface area contributed by atoms with E-state index in [9.17, 15) is 23.6 Å². The number of nitrogen functional groups attached to an aromatic ring is 1. The molecule has 0 radical (unpaired) electrons. The van der Waals surface area contributed by atoms with Crippen LogP contribution in [0.4, 0.5) is 10.3 Å². The van der Waals surface area contributed by atoms with Crippen LogP contribution in [0.2, 0.25) is 0 Å². The number of rotatable bonds is 11. The van der Waals surface area contributed by atoms with Gasteiger partial charge in [-0.25, -0.2) is 14.2 Å². The molecule has 0 saturated carbocycles. The first-order chi connectivity index (χ1) is 19.5. The maximum Gasteiger partial charge on any atom is 0.348 e. The minimum atomic E-state index is -1.68. The molecule has 1 aromatic carbocycles. The Hall–Kier alpha value is -4.37. The molecule has 3 aromatic rings. The third kappa shape index (κ3) is 7.24. The number of halogens is 1. The van der Waals surface area contributed by atoms with E-state index in [1.165, 1.54) is 10.9 Å². The molecule has 3 heterocycles. The van der Waals surface area contributed by atoms with E-state index >= 15 is 0 Å². The Kier molecular flexibility index (Phi) is 9.29. The molecule has 1 unspecified atom stereocenters. The molecule has 41 heavy (non-hydrogen) atoms. The van der Waals surface area contributed by atoms with Crippen LogP contribution in [0.25, 0.3) is 11.2 Å². The van der Waals surface area contributed by atoms with Crippen LogP contribution in [0.3, 0.4) is 0 Å². The summed E-state index contributed by atoms with van der Waals surface area (Å²) in [5, 5.41) is 0. The van der Waals surface area contributed by atoms with Gasteiger partial charge in [0.2, 0.25) is 12.1 Å². The smallest absolute Gasteiger partial charge is 0.348 e. The SMILES string of the molecule is CC(C)[C@H](N)C(=O)OC(CC(=O)OCc1ccccc1)C(=O)OC[C@H]1O[C@@H](n2cnc3c(=O)[nH]c(N)nc32)C[C@@H]1F. The number of nitrogens with two attached hydrogens (primary N) is 2. The fraction of sp³-hybridized carbons (Fsp3) is 0.462. The standard InChI is InChI=1S/C26H31FN6O8/c1-13(2)20(28)25(37)41-16(9-19(34)38-10-14-6-4-3-5-7-14)24(36)39-11-17-15(27)8-18(40-17)33-12-30-21-22(33)31-26(29)32-23(21)35/h3-7,12-13,15-18,20H,8-11,28H2,1-2H3,(H3,29,31,32,35)/t15-,16?,17+,18+,20-/m0/s1. The van der Waals surface area contributed by atoms with Gasteiger partial charge in [-0.3, -0.25) is 23.9 Å². The van der Waals surface area contributed by atoms with Crippen molar-refractivity contribution in [2.24, 2.45) is 11.7 Å². The number of benzene rings is 1. The fourth-order valence-corrected chi connectivity index (χ4v) is 4.03. The molecule has 220 valence electrons. The average molecular weight is 575 g/mol. The van der Waals surface area contributed by atoms with Crippen molar-refractivity contribution in [3.63, 3.8) is 0 Å². The van der Waals surface area contributed by atoms with Gasteiger partial charge in [0.25, 0.3) is 5.56 Å². The van der Waals surface area contributed by atoms with E-state index in [1.807, 2.05) is 0 Å². The number of esters is 3. The van der Waals surface area contributed by atoms with Crippen LogP contribution in [0.1, 0.15) is 38.5 Å². The van der Waals surface area contributed by atoms with Crippen LogP contribution < -0.4 is 17.0 Å². The Morgan fingerprint density at radius 2 is 1.93 bits per heavy atom. The summed E-state index contributed by atoms with van der Waals surface area (Å²) in [6, 6.07) is 7.79.